The summed E-state index contributed by atoms with van der Waals surface area (Å²) in [6, 6.07) is 0.200. The molecule has 1 aromatic rings. The van der Waals surface area contributed by atoms with Crippen LogP contribution in [0.1, 0.15) is 31.0 Å². The van der Waals surface area contributed by atoms with Gasteiger partial charge in [-0.1, -0.05) is 13.3 Å². The molecule has 0 aliphatic rings. The van der Waals surface area contributed by atoms with Crippen molar-refractivity contribution < 1.29 is 0 Å². The Balaban J connectivity index is 2.67. The number of anilines is 1. The van der Waals surface area contributed by atoms with Crippen LogP contribution in [-0.4, -0.2) is 16.0 Å². The zero-order valence-electron chi connectivity index (χ0n) is 8.83. The summed E-state index contributed by atoms with van der Waals surface area (Å²) in [6.07, 6.45) is 4.74. The minimum Gasteiger partial charge on any atom is -0.368 e. The molecule has 4 N–H and O–H groups in total. The third-order valence-electron chi connectivity index (χ3n) is 2.24. The normalized spacial score (nSPS) is 12.8. The van der Waals surface area contributed by atoms with E-state index >= 15 is 0 Å². The number of aromatic nitrogens is 2. The van der Waals surface area contributed by atoms with Gasteiger partial charge >= 0.3 is 0 Å². The lowest BCUT2D eigenvalue weighted by Crippen LogP contribution is -2.23. The van der Waals surface area contributed by atoms with Crippen molar-refractivity contribution in [3.8, 4) is 0 Å². The van der Waals surface area contributed by atoms with Crippen molar-refractivity contribution in [3.63, 3.8) is 0 Å². The summed E-state index contributed by atoms with van der Waals surface area (Å²) in [7, 11) is 0. The summed E-state index contributed by atoms with van der Waals surface area (Å²) in [5, 5.41) is 0. The molecular formula is C10H18N4. The van der Waals surface area contributed by atoms with Crippen LogP contribution in [-0.2, 0) is 6.42 Å². The van der Waals surface area contributed by atoms with E-state index in [1.165, 1.54) is 0 Å². The molecule has 1 heterocycles. The summed E-state index contributed by atoms with van der Waals surface area (Å²) in [5.41, 5.74) is 13.4. The quantitative estimate of drug-likeness (QED) is 0.750. The predicted octanol–water partition coefficient (Wildman–Crippen LogP) is 1.04. The van der Waals surface area contributed by atoms with Crippen LogP contribution >= 0.6 is 0 Å². The van der Waals surface area contributed by atoms with Gasteiger partial charge in [0.1, 0.15) is 0 Å². The fourth-order valence-corrected chi connectivity index (χ4v) is 1.47. The van der Waals surface area contributed by atoms with E-state index in [9.17, 15) is 0 Å². The van der Waals surface area contributed by atoms with Crippen LogP contribution in [0, 0.1) is 6.92 Å². The molecule has 1 rings (SSSR count). The molecule has 1 atom stereocenters. The molecule has 0 saturated carbocycles. The predicted molar refractivity (Wildman–Crippen MR) is 57.8 cm³/mol. The van der Waals surface area contributed by atoms with Crippen molar-refractivity contribution in [1.29, 1.82) is 0 Å². The highest BCUT2D eigenvalue weighted by Gasteiger charge is 2.06. The molecule has 0 bridgehead atoms. The molecule has 14 heavy (non-hydrogen) atoms. The monoisotopic (exact) mass is 194 g/mol. The second-order valence-corrected chi connectivity index (χ2v) is 3.59. The molecular weight excluding hydrogens is 176 g/mol. The van der Waals surface area contributed by atoms with Gasteiger partial charge in [0.25, 0.3) is 0 Å². The Morgan fingerprint density at radius 1 is 1.50 bits per heavy atom. The topological polar surface area (TPSA) is 77.8 Å². The van der Waals surface area contributed by atoms with Gasteiger partial charge in [0, 0.05) is 17.9 Å². The first-order valence-corrected chi connectivity index (χ1v) is 4.97. The first kappa shape index (κ1) is 10.9. The summed E-state index contributed by atoms with van der Waals surface area (Å²) in [5.74, 6) is 0.329. The van der Waals surface area contributed by atoms with E-state index in [4.69, 9.17) is 11.5 Å². The van der Waals surface area contributed by atoms with Crippen molar-refractivity contribution in [3.05, 3.63) is 17.5 Å². The Bertz CT molecular complexity index is 298. The van der Waals surface area contributed by atoms with E-state index in [1.807, 2.05) is 6.92 Å². The Morgan fingerprint density at radius 3 is 2.79 bits per heavy atom. The largest absolute Gasteiger partial charge is 0.368 e. The van der Waals surface area contributed by atoms with E-state index < -0.39 is 0 Å². The van der Waals surface area contributed by atoms with Crippen molar-refractivity contribution in [2.45, 2.75) is 39.2 Å². The zero-order valence-corrected chi connectivity index (χ0v) is 8.83. The number of aryl methyl sites for hydroxylation is 1. The smallest absolute Gasteiger partial charge is 0.220 e. The van der Waals surface area contributed by atoms with Crippen LogP contribution in [0.15, 0.2) is 6.20 Å². The summed E-state index contributed by atoms with van der Waals surface area (Å²) in [4.78, 5) is 8.06. The van der Waals surface area contributed by atoms with Crippen molar-refractivity contribution >= 4 is 5.95 Å². The molecule has 0 spiro atoms. The standard InChI is InChI=1S/C10H18N4/c1-3-4-9(11)5-8-6-13-10(12)14-7(8)2/h6,9H,3-5,11H2,1-2H3,(H2,12,13,14). The number of rotatable bonds is 4. The maximum Gasteiger partial charge on any atom is 0.220 e. The average Bonchev–Trinajstić information content (AvgIpc) is 2.10. The number of nitrogen functional groups attached to an aromatic ring is 1. The van der Waals surface area contributed by atoms with Gasteiger partial charge in [0.05, 0.1) is 0 Å². The van der Waals surface area contributed by atoms with Crippen molar-refractivity contribution in [2.24, 2.45) is 5.73 Å². The van der Waals surface area contributed by atoms with Crippen LogP contribution in [0.3, 0.4) is 0 Å². The van der Waals surface area contributed by atoms with Crippen molar-refractivity contribution in [1.82, 2.24) is 9.97 Å². The van der Waals surface area contributed by atoms with Gasteiger partial charge in [-0.3, -0.25) is 0 Å². The van der Waals surface area contributed by atoms with Crippen LogP contribution in [0.5, 0.6) is 0 Å². The van der Waals surface area contributed by atoms with Gasteiger partial charge in [-0.25, -0.2) is 9.97 Å². The Morgan fingerprint density at radius 2 is 2.21 bits per heavy atom. The first-order valence-electron chi connectivity index (χ1n) is 4.97. The second kappa shape index (κ2) is 4.91. The summed E-state index contributed by atoms with van der Waals surface area (Å²) in [6.45, 7) is 4.07. The molecule has 0 aliphatic carbocycles. The number of nitrogens with two attached hydrogens (primary N) is 2. The maximum atomic E-state index is 5.94. The Labute approximate surface area is 84.7 Å². The number of hydrogen-bond donors (Lipinski definition) is 2. The van der Waals surface area contributed by atoms with E-state index in [1.54, 1.807) is 6.20 Å². The molecule has 1 aromatic heterocycles. The Hall–Kier alpha value is -1.16. The summed E-state index contributed by atoms with van der Waals surface area (Å²) < 4.78 is 0. The minimum atomic E-state index is 0.200. The first-order chi connectivity index (χ1) is 6.63. The van der Waals surface area contributed by atoms with Crippen molar-refractivity contribution in [2.75, 3.05) is 5.73 Å². The molecule has 0 saturated heterocycles. The Kier molecular flexibility index (Phi) is 3.83. The molecule has 1 unspecified atom stereocenters. The van der Waals surface area contributed by atoms with Gasteiger partial charge in [-0.2, -0.15) is 0 Å². The minimum absolute atomic E-state index is 0.200. The van der Waals surface area contributed by atoms with E-state index in [0.29, 0.717) is 5.95 Å². The highest BCUT2D eigenvalue weighted by atomic mass is 15.0. The molecule has 0 radical (unpaired) electrons. The average molecular weight is 194 g/mol. The fourth-order valence-electron chi connectivity index (χ4n) is 1.47. The molecule has 4 heteroatoms. The van der Waals surface area contributed by atoms with E-state index in [-0.39, 0.29) is 6.04 Å². The zero-order chi connectivity index (χ0) is 10.6. The van der Waals surface area contributed by atoms with Crippen LogP contribution < -0.4 is 11.5 Å². The van der Waals surface area contributed by atoms with Gasteiger partial charge in [0.15, 0.2) is 0 Å². The van der Waals surface area contributed by atoms with Gasteiger partial charge in [-0.05, 0) is 25.3 Å². The SMILES string of the molecule is CCCC(N)Cc1cnc(N)nc1C. The molecule has 4 nitrogen and oxygen atoms in total. The molecule has 0 fully saturated rings. The highest BCUT2D eigenvalue weighted by Crippen LogP contribution is 2.09. The molecule has 0 aromatic carbocycles. The van der Waals surface area contributed by atoms with Crippen LogP contribution in [0.4, 0.5) is 5.95 Å². The highest BCUT2D eigenvalue weighted by molar-refractivity contribution is 5.24. The summed E-state index contributed by atoms with van der Waals surface area (Å²) >= 11 is 0. The van der Waals surface area contributed by atoms with E-state index in [0.717, 1.165) is 30.5 Å². The number of hydrogen-bond acceptors (Lipinski definition) is 4. The second-order valence-electron chi connectivity index (χ2n) is 3.59. The van der Waals surface area contributed by atoms with E-state index in [2.05, 4.69) is 16.9 Å². The third-order valence-corrected chi connectivity index (χ3v) is 2.24. The van der Waals surface area contributed by atoms with Crippen LogP contribution in [0.25, 0.3) is 0 Å². The van der Waals surface area contributed by atoms with Crippen LogP contribution in [0.2, 0.25) is 0 Å². The van der Waals surface area contributed by atoms with Gasteiger partial charge in [-0.15, -0.1) is 0 Å². The lowest BCUT2D eigenvalue weighted by molar-refractivity contribution is 0.596. The maximum absolute atomic E-state index is 5.94. The molecule has 0 aliphatic heterocycles. The lowest BCUT2D eigenvalue weighted by atomic mass is 10.0. The fraction of sp³-hybridized carbons (Fsp3) is 0.600. The lowest BCUT2D eigenvalue weighted by Gasteiger charge is -2.11. The van der Waals surface area contributed by atoms with Gasteiger partial charge < -0.3 is 11.5 Å². The molecule has 0 amide bonds. The third kappa shape index (κ3) is 2.96. The van der Waals surface area contributed by atoms with Gasteiger partial charge in [0.2, 0.25) is 5.95 Å². The number of nitrogens with zero attached hydrogens (tertiary/aromatic N) is 2. The molecule has 78 valence electrons.